The number of carbonyl (C=O) groups is 1. The Labute approximate surface area is 120 Å². The van der Waals surface area contributed by atoms with Crippen molar-refractivity contribution in [3.8, 4) is 0 Å². The zero-order valence-electron chi connectivity index (χ0n) is 12.5. The van der Waals surface area contributed by atoms with Crippen LogP contribution in [0.25, 0.3) is 0 Å². The molecular weight excluding hydrogens is 252 g/mol. The van der Waals surface area contributed by atoms with Gasteiger partial charge in [0, 0.05) is 18.8 Å². The van der Waals surface area contributed by atoms with Crippen molar-refractivity contribution in [3.63, 3.8) is 0 Å². The van der Waals surface area contributed by atoms with E-state index in [-0.39, 0.29) is 17.9 Å². The minimum atomic E-state index is -0.264. The molecule has 2 N–H and O–H groups in total. The Morgan fingerprint density at radius 2 is 2.25 bits per heavy atom. The van der Waals surface area contributed by atoms with Crippen molar-refractivity contribution in [1.29, 1.82) is 0 Å². The van der Waals surface area contributed by atoms with Crippen LogP contribution in [0.4, 0.5) is 5.69 Å². The second-order valence-electron chi connectivity index (χ2n) is 5.61. The highest BCUT2D eigenvalue weighted by molar-refractivity contribution is 5.76. The van der Waals surface area contributed by atoms with Crippen LogP contribution in [0.5, 0.6) is 0 Å². The van der Waals surface area contributed by atoms with E-state index in [2.05, 4.69) is 28.8 Å². The van der Waals surface area contributed by atoms with Gasteiger partial charge in [-0.15, -0.1) is 0 Å². The van der Waals surface area contributed by atoms with Crippen LogP contribution in [0.3, 0.4) is 0 Å². The highest BCUT2D eigenvalue weighted by Crippen LogP contribution is 2.26. The van der Waals surface area contributed by atoms with Gasteiger partial charge in [-0.05, 0) is 29.9 Å². The van der Waals surface area contributed by atoms with Gasteiger partial charge >= 0.3 is 5.97 Å². The van der Waals surface area contributed by atoms with Gasteiger partial charge in [0.05, 0.1) is 7.11 Å². The Morgan fingerprint density at radius 3 is 2.95 bits per heavy atom. The maximum atomic E-state index is 11.8. The van der Waals surface area contributed by atoms with Crippen molar-refractivity contribution in [2.24, 2.45) is 5.92 Å². The van der Waals surface area contributed by atoms with E-state index in [1.165, 1.54) is 30.3 Å². The number of nitrogens with one attached hydrogen (secondary N) is 2. The zero-order valence-corrected chi connectivity index (χ0v) is 12.5. The summed E-state index contributed by atoms with van der Waals surface area (Å²) in [7, 11) is 1.44. The molecular formula is C16H24N2O2. The van der Waals surface area contributed by atoms with Crippen molar-refractivity contribution in [2.75, 3.05) is 19.0 Å². The van der Waals surface area contributed by atoms with Gasteiger partial charge in [-0.3, -0.25) is 10.1 Å². The predicted molar refractivity (Wildman–Crippen MR) is 80.7 cm³/mol. The molecule has 0 saturated carbocycles. The van der Waals surface area contributed by atoms with Gasteiger partial charge in [-0.25, -0.2) is 0 Å². The van der Waals surface area contributed by atoms with Crippen LogP contribution < -0.4 is 10.6 Å². The lowest BCUT2D eigenvalue weighted by atomic mass is 9.98. The molecule has 0 aromatic heterocycles. The standard InChI is InChI=1S/C16H24N2O2/c1-11(2)14(16(19)20-3)18-10-13-7-4-6-12-8-5-9-17-15(12)13/h4,6-7,11,14,17-18H,5,8-10H2,1-3H3/t14-/m0/s1. The van der Waals surface area contributed by atoms with Crippen LogP contribution in [-0.2, 0) is 22.5 Å². The Kier molecular flexibility index (Phi) is 5.01. The molecule has 20 heavy (non-hydrogen) atoms. The Morgan fingerprint density at radius 1 is 1.45 bits per heavy atom. The molecule has 0 unspecified atom stereocenters. The fourth-order valence-electron chi connectivity index (χ4n) is 2.67. The molecule has 4 nitrogen and oxygen atoms in total. The number of hydrogen-bond acceptors (Lipinski definition) is 4. The lowest BCUT2D eigenvalue weighted by molar-refractivity contribution is -0.144. The second kappa shape index (κ2) is 6.75. The maximum absolute atomic E-state index is 11.8. The summed E-state index contributed by atoms with van der Waals surface area (Å²) in [5.41, 5.74) is 3.82. The normalized spacial score (nSPS) is 15.4. The summed E-state index contributed by atoms with van der Waals surface area (Å²) in [6.45, 7) is 5.74. The number of hydrogen-bond donors (Lipinski definition) is 2. The number of fused-ring (bicyclic) bond motifs is 1. The fourth-order valence-corrected chi connectivity index (χ4v) is 2.67. The minimum Gasteiger partial charge on any atom is -0.468 e. The first kappa shape index (κ1) is 14.9. The molecule has 110 valence electrons. The summed E-state index contributed by atoms with van der Waals surface area (Å²) in [6.07, 6.45) is 2.31. The third-order valence-electron chi connectivity index (χ3n) is 3.80. The molecule has 1 aromatic carbocycles. The number of ether oxygens (including phenoxy) is 1. The van der Waals surface area contributed by atoms with Crippen molar-refractivity contribution in [2.45, 2.75) is 39.3 Å². The SMILES string of the molecule is COC(=O)[C@@H](NCc1cccc2c1NCCC2)C(C)C. The zero-order chi connectivity index (χ0) is 14.5. The van der Waals surface area contributed by atoms with E-state index in [0.29, 0.717) is 6.54 Å². The van der Waals surface area contributed by atoms with Crippen LogP contribution in [0.1, 0.15) is 31.4 Å². The lowest BCUT2D eigenvalue weighted by Gasteiger charge is -2.24. The molecule has 0 aliphatic carbocycles. The van der Waals surface area contributed by atoms with Crippen LogP contribution in [0.15, 0.2) is 18.2 Å². The third kappa shape index (κ3) is 3.31. The van der Waals surface area contributed by atoms with Crippen LogP contribution >= 0.6 is 0 Å². The summed E-state index contributed by atoms with van der Waals surface area (Å²) < 4.78 is 4.86. The summed E-state index contributed by atoms with van der Waals surface area (Å²) >= 11 is 0. The molecule has 1 heterocycles. The average molecular weight is 276 g/mol. The number of anilines is 1. The Bertz CT molecular complexity index is 472. The number of esters is 1. The summed E-state index contributed by atoms with van der Waals surface area (Å²) in [4.78, 5) is 11.8. The first-order valence-corrected chi connectivity index (χ1v) is 7.29. The number of benzene rings is 1. The molecule has 2 rings (SSSR count). The number of para-hydroxylation sites is 1. The van der Waals surface area contributed by atoms with Gasteiger partial charge in [0.1, 0.15) is 6.04 Å². The largest absolute Gasteiger partial charge is 0.468 e. The van der Waals surface area contributed by atoms with E-state index in [1.807, 2.05) is 13.8 Å². The average Bonchev–Trinajstić information content (AvgIpc) is 2.47. The van der Waals surface area contributed by atoms with E-state index >= 15 is 0 Å². The number of carbonyl (C=O) groups excluding carboxylic acids is 1. The molecule has 0 spiro atoms. The highest BCUT2D eigenvalue weighted by atomic mass is 16.5. The van der Waals surface area contributed by atoms with Gasteiger partial charge in [-0.1, -0.05) is 32.0 Å². The van der Waals surface area contributed by atoms with E-state index in [1.54, 1.807) is 0 Å². The van der Waals surface area contributed by atoms with E-state index in [4.69, 9.17) is 4.74 Å². The smallest absolute Gasteiger partial charge is 0.323 e. The van der Waals surface area contributed by atoms with E-state index < -0.39 is 0 Å². The predicted octanol–water partition coefficient (Wildman–Crippen LogP) is 2.33. The molecule has 1 aromatic rings. The van der Waals surface area contributed by atoms with Crippen molar-refractivity contribution in [3.05, 3.63) is 29.3 Å². The first-order chi connectivity index (χ1) is 9.63. The molecule has 1 aliphatic rings. The molecule has 0 amide bonds. The monoisotopic (exact) mass is 276 g/mol. The van der Waals surface area contributed by atoms with Crippen LogP contribution in [-0.4, -0.2) is 25.7 Å². The number of methoxy groups -OCH3 is 1. The first-order valence-electron chi connectivity index (χ1n) is 7.29. The van der Waals surface area contributed by atoms with Crippen molar-refractivity contribution in [1.82, 2.24) is 5.32 Å². The molecule has 0 saturated heterocycles. The van der Waals surface area contributed by atoms with Crippen LogP contribution in [0.2, 0.25) is 0 Å². The molecule has 1 aliphatic heterocycles. The molecule has 4 heteroatoms. The quantitative estimate of drug-likeness (QED) is 0.810. The Balaban J connectivity index is 2.08. The fraction of sp³-hybridized carbons (Fsp3) is 0.562. The van der Waals surface area contributed by atoms with Gasteiger partial charge in [0.15, 0.2) is 0 Å². The van der Waals surface area contributed by atoms with Gasteiger partial charge in [-0.2, -0.15) is 0 Å². The number of rotatable bonds is 5. The number of aryl methyl sites for hydroxylation is 1. The minimum absolute atomic E-state index is 0.197. The third-order valence-corrected chi connectivity index (χ3v) is 3.80. The topological polar surface area (TPSA) is 50.4 Å². The molecule has 0 bridgehead atoms. The van der Waals surface area contributed by atoms with Gasteiger partial charge < -0.3 is 10.1 Å². The maximum Gasteiger partial charge on any atom is 0.323 e. The Hall–Kier alpha value is -1.55. The van der Waals surface area contributed by atoms with E-state index in [0.717, 1.165) is 13.0 Å². The molecule has 0 fully saturated rings. The summed E-state index contributed by atoms with van der Waals surface area (Å²) in [5.74, 6) is 0.00713. The van der Waals surface area contributed by atoms with Gasteiger partial charge in [0.2, 0.25) is 0 Å². The summed E-state index contributed by atoms with van der Waals surface area (Å²) in [6, 6.07) is 6.11. The van der Waals surface area contributed by atoms with Crippen LogP contribution in [0, 0.1) is 5.92 Å². The summed E-state index contributed by atoms with van der Waals surface area (Å²) in [5, 5.41) is 6.79. The second-order valence-corrected chi connectivity index (χ2v) is 5.61. The van der Waals surface area contributed by atoms with Crippen molar-refractivity contribution < 1.29 is 9.53 Å². The van der Waals surface area contributed by atoms with Crippen molar-refractivity contribution >= 4 is 11.7 Å². The molecule has 0 radical (unpaired) electrons. The lowest BCUT2D eigenvalue weighted by Crippen LogP contribution is -2.41. The molecule has 1 atom stereocenters. The van der Waals surface area contributed by atoms with E-state index in [9.17, 15) is 4.79 Å². The van der Waals surface area contributed by atoms with Gasteiger partial charge in [0.25, 0.3) is 0 Å². The highest BCUT2D eigenvalue weighted by Gasteiger charge is 2.23.